The average Bonchev–Trinajstić information content (AvgIpc) is 2.80. The molecular formula is C12H21NO10. The summed E-state index contributed by atoms with van der Waals surface area (Å²) in [6.07, 6.45) is -8.93. The second-order valence-electron chi connectivity index (χ2n) is 5.43. The molecule has 1 aliphatic rings. The Balaban J connectivity index is 2.73. The highest BCUT2D eigenvalue weighted by molar-refractivity contribution is 5.77. The first kappa shape index (κ1) is 19.5. The highest BCUT2D eigenvalue weighted by Gasteiger charge is 2.49. The van der Waals surface area contributed by atoms with Crippen molar-refractivity contribution in [2.45, 2.75) is 37.6 Å². The van der Waals surface area contributed by atoms with Gasteiger partial charge in [-0.25, -0.2) is 4.79 Å². The van der Waals surface area contributed by atoms with Gasteiger partial charge in [0.15, 0.2) is 0 Å². The van der Waals surface area contributed by atoms with E-state index in [1.807, 2.05) is 0 Å². The second-order valence-corrected chi connectivity index (χ2v) is 5.43. The number of ether oxygens (including phenoxy) is 3. The Morgan fingerprint density at radius 2 is 1.91 bits per heavy atom. The summed E-state index contributed by atoms with van der Waals surface area (Å²) in [6, 6.07) is 0. The van der Waals surface area contributed by atoms with E-state index in [1.165, 1.54) is 6.92 Å². The van der Waals surface area contributed by atoms with Crippen LogP contribution in [0, 0.1) is 5.41 Å². The minimum atomic E-state index is -1.68. The predicted octanol–water partition coefficient (Wildman–Crippen LogP) is -3.58. The van der Waals surface area contributed by atoms with Crippen molar-refractivity contribution in [1.29, 1.82) is 0 Å². The third-order valence-electron chi connectivity index (χ3n) is 3.42. The highest BCUT2D eigenvalue weighted by Crippen LogP contribution is 2.27. The zero-order chi connectivity index (χ0) is 17.8. The summed E-state index contributed by atoms with van der Waals surface area (Å²) in [5, 5.41) is 47.0. The van der Waals surface area contributed by atoms with Crippen molar-refractivity contribution in [1.82, 2.24) is 0 Å². The molecule has 1 heterocycles. The van der Waals surface area contributed by atoms with E-state index in [-0.39, 0.29) is 0 Å². The third kappa shape index (κ3) is 4.50. The predicted molar refractivity (Wildman–Crippen MR) is 70.6 cm³/mol. The number of carbonyl (C=O) groups excluding carboxylic acids is 2. The fourth-order valence-electron chi connectivity index (χ4n) is 1.84. The van der Waals surface area contributed by atoms with Crippen molar-refractivity contribution >= 4 is 12.1 Å². The molecule has 6 atom stereocenters. The van der Waals surface area contributed by atoms with Gasteiger partial charge in [0.1, 0.15) is 36.4 Å². The molecule has 0 aromatic heterocycles. The first-order valence-electron chi connectivity index (χ1n) is 6.71. The lowest BCUT2D eigenvalue weighted by atomic mass is 9.93. The monoisotopic (exact) mass is 339 g/mol. The topological polar surface area (TPSA) is 189 Å². The third-order valence-corrected chi connectivity index (χ3v) is 3.42. The van der Waals surface area contributed by atoms with Gasteiger partial charge in [-0.05, 0) is 6.92 Å². The second kappa shape index (κ2) is 7.86. The molecule has 0 radical (unpaired) electrons. The summed E-state index contributed by atoms with van der Waals surface area (Å²) in [7, 11) is 0. The number of nitrogens with two attached hydrogens (primary N) is 1. The molecule has 0 bridgehead atoms. The molecule has 0 aliphatic carbocycles. The summed E-state index contributed by atoms with van der Waals surface area (Å²) in [6.45, 7) is -0.856. The van der Waals surface area contributed by atoms with E-state index in [4.69, 9.17) is 20.3 Å². The van der Waals surface area contributed by atoms with Crippen LogP contribution in [0.4, 0.5) is 4.79 Å². The fraction of sp³-hybridized carbons (Fsp3) is 0.833. The van der Waals surface area contributed by atoms with E-state index in [0.29, 0.717) is 0 Å². The van der Waals surface area contributed by atoms with Crippen LogP contribution in [0.3, 0.4) is 0 Å². The largest absolute Gasteiger partial charge is 0.448 e. The highest BCUT2D eigenvalue weighted by atomic mass is 16.7. The number of carbonyl (C=O) groups is 2. The first-order valence-corrected chi connectivity index (χ1v) is 6.71. The van der Waals surface area contributed by atoms with Crippen LogP contribution in [0.25, 0.3) is 0 Å². The van der Waals surface area contributed by atoms with Crippen LogP contribution in [0.15, 0.2) is 0 Å². The average molecular weight is 339 g/mol. The van der Waals surface area contributed by atoms with Gasteiger partial charge in [-0.2, -0.15) is 0 Å². The lowest BCUT2D eigenvalue weighted by Gasteiger charge is -2.26. The van der Waals surface area contributed by atoms with E-state index < -0.39 is 68.0 Å². The minimum absolute atomic E-state index is 0.578. The molecule has 7 N–H and O–H groups in total. The molecule has 0 aromatic rings. The Bertz CT molecular complexity index is 432. The molecule has 1 fully saturated rings. The van der Waals surface area contributed by atoms with Crippen molar-refractivity contribution < 1.29 is 49.3 Å². The molecule has 1 saturated heterocycles. The molecule has 0 spiro atoms. The number of esters is 1. The summed E-state index contributed by atoms with van der Waals surface area (Å²) in [5.74, 6) is -1.09. The van der Waals surface area contributed by atoms with Crippen LogP contribution >= 0.6 is 0 Å². The summed E-state index contributed by atoms with van der Waals surface area (Å²) < 4.78 is 14.3. The molecule has 11 nitrogen and oxygen atoms in total. The molecule has 11 heteroatoms. The van der Waals surface area contributed by atoms with Crippen LogP contribution in [0.5, 0.6) is 0 Å². The van der Waals surface area contributed by atoms with Gasteiger partial charge in [-0.3, -0.25) is 4.79 Å². The van der Waals surface area contributed by atoms with E-state index in [1.54, 1.807) is 0 Å². The van der Waals surface area contributed by atoms with Crippen LogP contribution in [0.2, 0.25) is 0 Å². The lowest BCUT2D eigenvalue weighted by molar-refractivity contribution is -0.207. The Morgan fingerprint density at radius 1 is 1.30 bits per heavy atom. The molecule has 0 saturated carbocycles. The van der Waals surface area contributed by atoms with Crippen LogP contribution in [0.1, 0.15) is 6.92 Å². The maximum absolute atomic E-state index is 12.1. The van der Waals surface area contributed by atoms with E-state index in [0.717, 1.165) is 0 Å². The van der Waals surface area contributed by atoms with Gasteiger partial charge >= 0.3 is 12.1 Å². The van der Waals surface area contributed by atoms with Crippen LogP contribution in [-0.2, 0) is 19.0 Å². The molecule has 23 heavy (non-hydrogen) atoms. The van der Waals surface area contributed by atoms with Crippen LogP contribution < -0.4 is 5.73 Å². The van der Waals surface area contributed by atoms with Gasteiger partial charge in [-0.15, -0.1) is 0 Å². The number of hydrogen-bond acceptors (Lipinski definition) is 10. The normalized spacial score (nSPS) is 31.2. The smallest absolute Gasteiger partial charge is 0.404 e. The minimum Gasteiger partial charge on any atom is -0.448 e. The van der Waals surface area contributed by atoms with Gasteiger partial charge in [0.05, 0.1) is 13.2 Å². The zero-order valence-electron chi connectivity index (χ0n) is 12.4. The standard InChI is InChI=1S/C12H21NO10/c1-12(3-15,4-21-11(13)20)10(19)23-9-7(18)6(17)8(22-9)5(16)2-14/h5-9,14-18H,2-4H2,1H3,(H2,13,20)/t5?,6-,7+,8-,9?,12?/m1/s1. The Morgan fingerprint density at radius 3 is 2.39 bits per heavy atom. The summed E-state index contributed by atoms with van der Waals surface area (Å²) in [5.41, 5.74) is 3.11. The number of rotatable bonds is 7. The quantitative estimate of drug-likeness (QED) is 0.253. The van der Waals surface area contributed by atoms with E-state index in [2.05, 4.69) is 4.74 Å². The molecule has 0 aromatic carbocycles. The molecule has 1 aliphatic heterocycles. The van der Waals surface area contributed by atoms with Crippen molar-refractivity contribution in [3.05, 3.63) is 0 Å². The van der Waals surface area contributed by atoms with Gasteiger partial charge in [0, 0.05) is 0 Å². The Kier molecular flexibility index (Phi) is 6.68. The van der Waals surface area contributed by atoms with Gasteiger partial charge in [0.2, 0.25) is 6.29 Å². The number of hydrogen-bond donors (Lipinski definition) is 6. The van der Waals surface area contributed by atoms with Gasteiger partial charge < -0.3 is 45.5 Å². The summed E-state index contributed by atoms with van der Waals surface area (Å²) >= 11 is 0. The summed E-state index contributed by atoms with van der Waals surface area (Å²) in [4.78, 5) is 22.7. The number of aliphatic hydroxyl groups excluding tert-OH is 5. The van der Waals surface area contributed by atoms with Gasteiger partial charge in [-0.1, -0.05) is 0 Å². The maximum Gasteiger partial charge on any atom is 0.404 e. The molecule has 134 valence electrons. The van der Waals surface area contributed by atoms with E-state index >= 15 is 0 Å². The van der Waals surface area contributed by atoms with Crippen molar-refractivity contribution in [2.24, 2.45) is 11.1 Å². The number of aliphatic hydroxyl groups is 5. The lowest BCUT2D eigenvalue weighted by Crippen LogP contribution is -2.43. The molecular weight excluding hydrogens is 318 g/mol. The maximum atomic E-state index is 12.1. The number of primary amides is 1. The fourth-order valence-corrected chi connectivity index (χ4v) is 1.84. The van der Waals surface area contributed by atoms with E-state index in [9.17, 15) is 30.0 Å². The molecule has 1 amide bonds. The zero-order valence-corrected chi connectivity index (χ0v) is 12.4. The Hall–Kier alpha value is -1.50. The van der Waals surface area contributed by atoms with Gasteiger partial charge in [0.25, 0.3) is 0 Å². The Labute approximate surface area is 131 Å². The first-order chi connectivity index (χ1) is 10.7. The molecule has 1 rings (SSSR count). The molecule has 3 unspecified atom stereocenters. The number of amides is 1. The SMILES string of the molecule is CC(CO)(COC(N)=O)C(=O)OC1O[C@H](C(O)CO)[C@H](O)[C@@H]1O. The van der Waals surface area contributed by atoms with Crippen LogP contribution in [-0.4, -0.2) is 88.1 Å². The van der Waals surface area contributed by atoms with Crippen molar-refractivity contribution in [3.8, 4) is 0 Å². The van der Waals surface area contributed by atoms with Crippen molar-refractivity contribution in [2.75, 3.05) is 19.8 Å². The van der Waals surface area contributed by atoms with Crippen molar-refractivity contribution in [3.63, 3.8) is 0 Å².